The minimum absolute atomic E-state index is 0.0167. The highest BCUT2D eigenvalue weighted by Crippen LogP contribution is 2.24. The number of nitrogens with one attached hydrogen (secondary N) is 2. The second-order valence-electron chi connectivity index (χ2n) is 7.73. The second-order valence-corrected chi connectivity index (χ2v) is 7.73. The highest BCUT2D eigenvalue weighted by Gasteiger charge is 2.24. The van der Waals surface area contributed by atoms with Crippen molar-refractivity contribution in [3.63, 3.8) is 0 Å². The first-order valence-electron chi connectivity index (χ1n) is 10.7. The van der Waals surface area contributed by atoms with Gasteiger partial charge in [-0.05, 0) is 50.5 Å². The van der Waals surface area contributed by atoms with E-state index >= 15 is 0 Å². The predicted octanol–water partition coefficient (Wildman–Crippen LogP) is 3.38. The van der Waals surface area contributed by atoms with Crippen molar-refractivity contribution in [1.29, 1.82) is 0 Å². The van der Waals surface area contributed by atoms with Crippen LogP contribution in [0.2, 0.25) is 0 Å². The maximum absolute atomic E-state index is 12.7. The third-order valence-electron chi connectivity index (χ3n) is 5.45. The van der Waals surface area contributed by atoms with Crippen molar-refractivity contribution < 1.29 is 14.3 Å². The lowest BCUT2D eigenvalue weighted by atomic mass is 10.0. The highest BCUT2D eigenvalue weighted by atomic mass is 16.5. The number of anilines is 1. The lowest BCUT2D eigenvalue weighted by molar-refractivity contribution is -0.123. The fourth-order valence-corrected chi connectivity index (χ4v) is 3.54. The molecule has 1 heterocycles. The van der Waals surface area contributed by atoms with Crippen LogP contribution >= 0.6 is 0 Å². The van der Waals surface area contributed by atoms with Gasteiger partial charge in [0.15, 0.2) is 6.61 Å². The van der Waals surface area contributed by atoms with Gasteiger partial charge in [0.2, 0.25) is 0 Å². The Morgan fingerprint density at radius 2 is 1.73 bits per heavy atom. The fraction of sp³-hybridized carbons (Fsp3) is 0.417. The summed E-state index contributed by atoms with van der Waals surface area (Å²) in [7, 11) is 0. The summed E-state index contributed by atoms with van der Waals surface area (Å²) < 4.78 is 5.52. The Kier molecular flexibility index (Phi) is 7.71. The zero-order valence-electron chi connectivity index (χ0n) is 17.8. The van der Waals surface area contributed by atoms with Gasteiger partial charge in [-0.2, -0.15) is 0 Å². The Morgan fingerprint density at radius 1 is 1.07 bits per heavy atom. The van der Waals surface area contributed by atoms with Crippen molar-refractivity contribution in [2.24, 2.45) is 0 Å². The van der Waals surface area contributed by atoms with Crippen LogP contribution in [0.4, 0.5) is 5.69 Å². The molecule has 6 heteroatoms. The minimum atomic E-state index is -0.106. The molecule has 0 spiro atoms. The molecule has 1 saturated heterocycles. The summed E-state index contributed by atoms with van der Waals surface area (Å²) in [6.45, 7) is 5.66. The van der Waals surface area contributed by atoms with Gasteiger partial charge in [0.1, 0.15) is 5.75 Å². The van der Waals surface area contributed by atoms with Crippen molar-refractivity contribution in [3.8, 4) is 5.75 Å². The predicted molar refractivity (Wildman–Crippen MR) is 119 cm³/mol. The van der Waals surface area contributed by atoms with Crippen LogP contribution in [0.5, 0.6) is 5.75 Å². The van der Waals surface area contributed by atoms with Gasteiger partial charge in [-0.3, -0.25) is 9.59 Å². The topological polar surface area (TPSA) is 70.7 Å². The van der Waals surface area contributed by atoms with Crippen LogP contribution in [0.15, 0.2) is 54.6 Å². The van der Waals surface area contributed by atoms with Gasteiger partial charge in [0.25, 0.3) is 11.8 Å². The van der Waals surface area contributed by atoms with E-state index in [-0.39, 0.29) is 30.5 Å². The fourth-order valence-electron chi connectivity index (χ4n) is 3.54. The molecule has 160 valence electrons. The van der Waals surface area contributed by atoms with Crippen molar-refractivity contribution in [3.05, 3.63) is 60.2 Å². The van der Waals surface area contributed by atoms with Crippen molar-refractivity contribution in [2.75, 3.05) is 24.6 Å². The number of amides is 2. The molecule has 1 atom stereocenters. The van der Waals surface area contributed by atoms with Crippen LogP contribution in [-0.2, 0) is 4.79 Å². The van der Waals surface area contributed by atoms with Crippen molar-refractivity contribution in [2.45, 2.75) is 45.2 Å². The number of carbonyl (C=O) groups excluding carboxylic acids is 2. The molecule has 3 rings (SSSR count). The molecule has 1 aliphatic heterocycles. The number of benzene rings is 2. The van der Waals surface area contributed by atoms with E-state index in [1.54, 1.807) is 0 Å². The van der Waals surface area contributed by atoms with Gasteiger partial charge in [-0.25, -0.2) is 0 Å². The highest BCUT2D eigenvalue weighted by molar-refractivity contribution is 6.00. The third-order valence-corrected chi connectivity index (χ3v) is 5.45. The lowest BCUT2D eigenvalue weighted by Crippen LogP contribution is -2.46. The lowest BCUT2D eigenvalue weighted by Gasteiger charge is -2.35. The van der Waals surface area contributed by atoms with Crippen molar-refractivity contribution in [1.82, 2.24) is 10.6 Å². The monoisotopic (exact) mass is 409 g/mol. The number of hydrogen-bond donors (Lipinski definition) is 2. The van der Waals surface area contributed by atoms with E-state index in [0.717, 1.165) is 38.0 Å². The Morgan fingerprint density at radius 3 is 2.43 bits per heavy atom. The van der Waals surface area contributed by atoms with E-state index < -0.39 is 0 Å². The van der Waals surface area contributed by atoms with Crippen LogP contribution in [-0.4, -0.2) is 43.6 Å². The van der Waals surface area contributed by atoms with E-state index in [1.165, 1.54) is 0 Å². The summed E-state index contributed by atoms with van der Waals surface area (Å²) in [6, 6.07) is 17.3. The molecule has 0 aliphatic carbocycles. The van der Waals surface area contributed by atoms with E-state index in [2.05, 4.69) is 22.5 Å². The summed E-state index contributed by atoms with van der Waals surface area (Å²) in [5, 5.41) is 6.11. The number of hydrogen-bond acceptors (Lipinski definition) is 4. The quantitative estimate of drug-likeness (QED) is 0.701. The Bertz CT molecular complexity index is 833. The number of piperidine rings is 1. The van der Waals surface area contributed by atoms with Gasteiger partial charge < -0.3 is 20.3 Å². The molecule has 0 radical (unpaired) electrons. The van der Waals surface area contributed by atoms with Gasteiger partial charge in [0, 0.05) is 30.9 Å². The van der Waals surface area contributed by atoms with Gasteiger partial charge >= 0.3 is 0 Å². The number of carbonyl (C=O) groups is 2. The summed E-state index contributed by atoms with van der Waals surface area (Å²) >= 11 is 0. The van der Waals surface area contributed by atoms with Crippen LogP contribution in [0.25, 0.3) is 0 Å². The van der Waals surface area contributed by atoms with E-state index in [4.69, 9.17) is 4.74 Å². The molecule has 1 aliphatic rings. The smallest absolute Gasteiger partial charge is 0.258 e. The molecular formula is C24H31N3O3. The van der Waals surface area contributed by atoms with E-state index in [9.17, 15) is 9.59 Å². The van der Waals surface area contributed by atoms with Crippen LogP contribution in [0, 0.1) is 0 Å². The molecule has 2 aromatic rings. The number of nitrogens with zero attached hydrogens (tertiary/aromatic N) is 1. The summed E-state index contributed by atoms with van der Waals surface area (Å²) in [5.74, 6) is 0.550. The van der Waals surface area contributed by atoms with Crippen LogP contribution in [0.1, 0.15) is 43.5 Å². The molecule has 0 aromatic heterocycles. The number of ether oxygens (including phenoxy) is 1. The molecule has 1 fully saturated rings. The third kappa shape index (κ3) is 5.99. The Balaban J connectivity index is 1.51. The van der Waals surface area contributed by atoms with Gasteiger partial charge in [-0.15, -0.1) is 0 Å². The normalized spacial score (nSPS) is 15.3. The number of rotatable bonds is 8. The molecule has 0 saturated carbocycles. The molecule has 2 N–H and O–H groups in total. The zero-order chi connectivity index (χ0) is 21.3. The largest absolute Gasteiger partial charge is 0.484 e. The summed E-state index contributed by atoms with van der Waals surface area (Å²) in [4.78, 5) is 27.1. The molecule has 30 heavy (non-hydrogen) atoms. The first-order chi connectivity index (χ1) is 14.6. The first kappa shape index (κ1) is 21.7. The Hall–Kier alpha value is -3.02. The number of para-hydroxylation sites is 2. The van der Waals surface area contributed by atoms with Gasteiger partial charge in [-0.1, -0.05) is 37.3 Å². The standard InChI is InChI=1S/C24H31N3O3/c1-3-18(2)25-24(29)21-11-7-8-12-22(21)27-15-13-19(14-16-27)26-23(28)17-30-20-9-5-4-6-10-20/h4-12,18-19H,3,13-17H2,1-2H3,(H,25,29)(H,26,28)/t18-/m0/s1. The second kappa shape index (κ2) is 10.7. The molecular weight excluding hydrogens is 378 g/mol. The van der Waals surface area contributed by atoms with Crippen molar-refractivity contribution >= 4 is 17.5 Å². The van der Waals surface area contributed by atoms with Gasteiger partial charge in [0.05, 0.1) is 5.56 Å². The molecule has 0 unspecified atom stereocenters. The molecule has 6 nitrogen and oxygen atoms in total. The minimum Gasteiger partial charge on any atom is -0.484 e. The molecule has 0 bridgehead atoms. The maximum Gasteiger partial charge on any atom is 0.258 e. The average Bonchev–Trinajstić information content (AvgIpc) is 2.79. The Labute approximate surface area is 178 Å². The first-order valence-corrected chi connectivity index (χ1v) is 10.7. The van der Waals surface area contributed by atoms with Crippen LogP contribution < -0.4 is 20.3 Å². The van der Waals surface area contributed by atoms with Crippen LogP contribution in [0.3, 0.4) is 0 Å². The average molecular weight is 410 g/mol. The molecule has 2 aromatic carbocycles. The summed E-state index contributed by atoms with van der Waals surface area (Å²) in [5.41, 5.74) is 1.66. The van der Waals surface area contributed by atoms with E-state index in [1.807, 2.05) is 61.5 Å². The van der Waals surface area contributed by atoms with E-state index in [0.29, 0.717) is 11.3 Å². The molecule has 2 amide bonds. The maximum atomic E-state index is 12.7. The SMILES string of the molecule is CC[C@H](C)NC(=O)c1ccccc1N1CCC(NC(=O)COc2ccccc2)CC1. The summed E-state index contributed by atoms with van der Waals surface area (Å²) in [6.07, 6.45) is 2.56. The zero-order valence-corrected chi connectivity index (χ0v) is 17.8.